The minimum Gasteiger partial charge on any atom is -0.478 e. The van der Waals surface area contributed by atoms with Gasteiger partial charge in [0.05, 0.1) is 96.9 Å². The molecular weight excluding hydrogens is 1850 g/mol. The molecule has 0 saturated heterocycles. The Bertz CT molecular complexity index is 9320. The number of aromatic nitrogens is 5. The van der Waals surface area contributed by atoms with Crippen molar-refractivity contribution in [3.05, 3.63) is 453 Å². The van der Waals surface area contributed by atoms with Crippen LogP contribution in [0.25, 0.3) is 181 Å². The third-order valence-electron chi connectivity index (χ3n) is 24.4. The highest BCUT2D eigenvalue weighted by molar-refractivity contribution is 6.92. The zero-order valence-electron chi connectivity index (χ0n) is 78.8. The van der Waals surface area contributed by atoms with Crippen molar-refractivity contribution in [2.24, 2.45) is 0 Å². The molecule has 25 heteroatoms. The number of carboxylic acids is 1. The van der Waals surface area contributed by atoms with Gasteiger partial charge in [-0.3, -0.25) is 33.6 Å². The molecule has 0 saturated carbocycles. The lowest BCUT2D eigenvalue weighted by Crippen LogP contribution is -2.28. The van der Waals surface area contributed by atoms with Crippen LogP contribution in [0.3, 0.4) is 0 Å². The number of para-hydroxylation sites is 10. The van der Waals surface area contributed by atoms with Crippen molar-refractivity contribution >= 4 is 188 Å². The van der Waals surface area contributed by atoms with Gasteiger partial charge in [0.2, 0.25) is 0 Å². The number of ether oxygens (including phenoxy) is 5. The Morgan fingerprint density at radius 1 is 0.255 bits per heavy atom. The molecular formula is C120H88N5O19P. The molecule has 17 aromatic carbocycles. The fraction of sp³-hybridized carbons (Fsp3) is 0.0500. The molecule has 6 heterocycles. The van der Waals surface area contributed by atoms with Crippen molar-refractivity contribution in [2.45, 2.75) is 27.7 Å². The molecule has 0 radical (unpaired) electrons. The minimum atomic E-state index is -1.05. The van der Waals surface area contributed by atoms with Crippen LogP contribution in [0.15, 0.2) is 418 Å². The lowest BCUT2D eigenvalue weighted by atomic mass is 9.93. The molecule has 0 fully saturated rings. The van der Waals surface area contributed by atoms with E-state index < -0.39 is 53.0 Å². The fourth-order valence-electron chi connectivity index (χ4n) is 18.6. The van der Waals surface area contributed by atoms with Crippen LogP contribution in [-0.2, 0) is 42.9 Å². The van der Waals surface area contributed by atoms with Crippen LogP contribution in [0.2, 0.25) is 0 Å². The van der Waals surface area contributed by atoms with Crippen LogP contribution < -0.4 is 27.1 Å². The van der Waals surface area contributed by atoms with E-state index in [2.05, 4.69) is 82.3 Å². The number of carbonyl (C=O) groups is 8. The van der Waals surface area contributed by atoms with Crippen molar-refractivity contribution in [1.82, 2.24) is 22.8 Å². The molecule has 23 aromatic rings. The Morgan fingerprint density at radius 3 is 0.938 bits per heavy atom. The lowest BCUT2D eigenvalue weighted by Gasteiger charge is -2.14. The molecule has 1 unspecified atom stereocenters. The Kier molecular flexibility index (Phi) is 28.7. The Hall–Kier alpha value is -19.2. The first-order valence-corrected chi connectivity index (χ1v) is 45.5. The van der Waals surface area contributed by atoms with Gasteiger partial charge < -0.3 is 51.5 Å². The summed E-state index contributed by atoms with van der Waals surface area (Å²) in [5.41, 5.74) is 13.4. The first-order valence-electron chi connectivity index (χ1n) is 45.5. The average molecular weight is 1940 g/mol. The zero-order chi connectivity index (χ0) is 101. The van der Waals surface area contributed by atoms with Crippen LogP contribution in [0.1, 0.15) is 58.8 Å². The van der Waals surface area contributed by atoms with E-state index in [0.717, 1.165) is 121 Å². The molecule has 1 atom stereocenters. The van der Waals surface area contributed by atoms with E-state index in [1.807, 2.05) is 267 Å². The van der Waals surface area contributed by atoms with E-state index in [4.69, 9.17) is 18.6 Å². The topological polar surface area (TPSA) is 309 Å². The Morgan fingerprint density at radius 2 is 0.545 bits per heavy atom. The predicted molar refractivity (Wildman–Crippen MR) is 573 cm³/mol. The zero-order valence-corrected chi connectivity index (χ0v) is 80.3. The Labute approximate surface area is 828 Å². The van der Waals surface area contributed by atoms with Crippen LogP contribution in [0.4, 0.5) is 0 Å². The van der Waals surface area contributed by atoms with Gasteiger partial charge in [0.25, 0.3) is 17.6 Å². The summed E-state index contributed by atoms with van der Waals surface area (Å²) in [6, 6.07) is 126. The minimum absolute atomic E-state index is 0. The second kappa shape index (κ2) is 42.6. The third kappa shape index (κ3) is 19.4. The summed E-state index contributed by atoms with van der Waals surface area (Å²) in [6.45, 7) is 5.07. The van der Waals surface area contributed by atoms with Crippen molar-refractivity contribution in [1.29, 1.82) is 0 Å². The summed E-state index contributed by atoms with van der Waals surface area (Å²) in [5.74, 6) is -3.93. The van der Waals surface area contributed by atoms with Crippen molar-refractivity contribution < 1.29 is 71.6 Å². The lowest BCUT2D eigenvalue weighted by molar-refractivity contribution is -0.158. The molecule has 145 heavy (non-hydrogen) atoms. The third-order valence-corrected chi connectivity index (χ3v) is 24.4. The van der Waals surface area contributed by atoms with E-state index in [1.54, 1.807) is 72.8 Å². The van der Waals surface area contributed by atoms with Gasteiger partial charge in [0.1, 0.15) is 5.75 Å². The monoisotopic (exact) mass is 1930 g/mol. The summed E-state index contributed by atoms with van der Waals surface area (Å²) in [7, 11) is 2.70. The van der Waals surface area contributed by atoms with Crippen LogP contribution in [0.5, 0.6) is 5.75 Å². The van der Waals surface area contributed by atoms with Crippen LogP contribution in [0, 0.1) is 0 Å². The number of aromatic carboxylic acids is 1. The highest BCUT2D eigenvalue weighted by Crippen LogP contribution is 2.44. The summed E-state index contributed by atoms with van der Waals surface area (Å²) in [6.07, 6.45) is 0. The molecule has 0 bridgehead atoms. The normalized spacial score (nSPS) is 10.9. The number of esters is 6. The summed E-state index contributed by atoms with van der Waals surface area (Å²) in [5, 5.41) is 23.0. The molecule has 0 aliphatic carbocycles. The van der Waals surface area contributed by atoms with Gasteiger partial charge in [-0.05, 0) is 190 Å². The maximum Gasteiger partial charge on any atom is 0.346 e. The molecule has 24 nitrogen and oxygen atoms in total. The van der Waals surface area contributed by atoms with Gasteiger partial charge in [-0.2, -0.15) is 9.90 Å². The highest BCUT2D eigenvalue weighted by atomic mass is 31.0. The first kappa shape index (κ1) is 97.5. The molecule has 6 aromatic heterocycles. The van der Waals surface area contributed by atoms with Crippen molar-refractivity contribution in [3.8, 4) is 56.4 Å². The number of carbonyl (C=O) groups excluding carboxylic acids is 7. The van der Waals surface area contributed by atoms with Crippen molar-refractivity contribution in [3.63, 3.8) is 0 Å². The molecule has 23 rings (SSSR count). The number of fused-ring (bicyclic) bond motifs is 18. The first-order chi connectivity index (χ1) is 70.0. The predicted octanol–water partition coefficient (Wildman–Crippen LogP) is 24.0. The van der Waals surface area contributed by atoms with Gasteiger partial charge in [-0.1, -0.05) is 237 Å². The molecule has 1 N–H and O–H groups in total. The van der Waals surface area contributed by atoms with Crippen LogP contribution in [-0.4, -0.2) is 90.4 Å². The van der Waals surface area contributed by atoms with E-state index in [9.17, 15) is 62.6 Å². The van der Waals surface area contributed by atoms with Crippen molar-refractivity contribution in [2.75, 3.05) is 14.2 Å². The maximum atomic E-state index is 14.1. The number of methoxy groups -OCH3 is 2. The highest BCUT2D eigenvalue weighted by Gasteiger charge is 2.27. The van der Waals surface area contributed by atoms with Gasteiger partial charge in [-0.15, -0.1) is 0 Å². The fourth-order valence-corrected chi connectivity index (χ4v) is 18.6. The number of hydrogen-bond acceptors (Lipinski definition) is 18. The molecule has 0 aliphatic rings. The summed E-state index contributed by atoms with van der Waals surface area (Å²) in [4.78, 5) is 141. The van der Waals surface area contributed by atoms with Gasteiger partial charge >= 0.3 is 53.0 Å². The second-order valence-corrected chi connectivity index (χ2v) is 33.2. The van der Waals surface area contributed by atoms with E-state index in [-0.39, 0.29) is 26.6 Å². The maximum absolute atomic E-state index is 14.1. The average Bonchev–Trinajstić information content (AvgIpc) is 1.57. The molecule has 0 aliphatic heterocycles. The van der Waals surface area contributed by atoms with E-state index in [1.165, 1.54) is 46.5 Å². The van der Waals surface area contributed by atoms with Gasteiger partial charge in [0, 0.05) is 110 Å². The quantitative estimate of drug-likeness (QED) is 0.0390. The SMILES string of the molecule is CC(=O)OC(C)=O.CC(=O)OC(C)=O.COC(=O)c1ccccc1-c1cc2c3ccccc3n(-c3ccccc3)c2cc1C(=O)OC.O=COc1ccccc1-c1cc2c3ccccc3n(-c3ccccc3)c2cc1C(=O)O.O=c1c2ccccc2c2cc3c4ccccc4n(-c4ccccc4)c3cc2c(=O)n1-c1ccccc1.O=c1oc(=O)c2cc3c(cc2c2ccccc12)c1ccccc1n3-c1ccccc1.P. The second-order valence-electron chi connectivity index (χ2n) is 33.2. The van der Waals surface area contributed by atoms with E-state index >= 15 is 0 Å². The molecule has 0 amide bonds. The van der Waals surface area contributed by atoms with Crippen LogP contribution >= 0.6 is 9.90 Å². The standard InChI is InChI=1S/C32H20N2O2.C28H21NO4.C26H17NO4.C26H15NO3.2C4H6O3.H3P/c35-31-25-17-8-7-15-23(25)26-19-27-24-16-9-10-18-29(24)33(21-11-3-1-4-12-21)30(27)20-28(26)32(36)34(31)22-13-5-2-6-14-22;1-32-27(30)21-14-7-6-12-19(21)22-16-23-20-13-8-9-15-25(20)29(18-10-4-3-5-11-18)26(23)17-24(22)28(31)33-2;28-16-31-25-13-7-5-11-19(25)20-14-21-18-10-4-6-12-23(18)27(17-8-2-1-3-9-17)24(21)15-22(20)26(29)30;28-25-19-12-5-4-10-17(19)20-14-21-18-11-6-7-13-23(18)27(16-8-2-1-3-9-16)24(21)15-22(20)26(29)30-25;2*1-3(5)7-4(2)6;/h1-20H;3-17H,1-2H3;1-16H,(H,29,30);1-15H;2*1-2H3;1H3. The largest absolute Gasteiger partial charge is 0.478 e. The molecule has 712 valence electrons. The number of nitrogens with zero attached hydrogens (tertiary/aromatic N) is 5. The Balaban J connectivity index is 0.000000126. The molecule has 0 spiro atoms. The summed E-state index contributed by atoms with van der Waals surface area (Å²) < 4.78 is 38.1. The number of hydrogen-bond donors (Lipinski definition) is 1. The number of carboxylic acid groups (broad SMARTS) is 1. The number of rotatable bonds is 12. The smallest absolute Gasteiger partial charge is 0.346 e. The summed E-state index contributed by atoms with van der Waals surface area (Å²) >= 11 is 0. The number of benzene rings is 17. The van der Waals surface area contributed by atoms with Gasteiger partial charge in [0.15, 0.2) is 0 Å². The van der Waals surface area contributed by atoms with E-state index in [0.29, 0.717) is 83.6 Å². The van der Waals surface area contributed by atoms with Gasteiger partial charge in [-0.25, -0.2) is 28.5 Å².